The van der Waals surface area contributed by atoms with Crippen molar-refractivity contribution in [3.05, 3.63) is 0 Å². The smallest absolute Gasteiger partial charge is 0.106 e. The number of hydrogen-bond acceptors (Lipinski definition) is 4. The van der Waals surface area contributed by atoms with E-state index in [0.29, 0.717) is 0 Å². The van der Waals surface area contributed by atoms with Gasteiger partial charge in [-0.25, -0.2) is 10.4 Å². The Morgan fingerprint density at radius 3 is 2.36 bits per heavy atom. The largest absolute Gasteiger partial charge is 0.380 e. The minimum atomic E-state index is 0.00629. The molecule has 0 heterocycles. The van der Waals surface area contributed by atoms with Crippen LogP contribution < -0.4 is 5.43 Å². The van der Waals surface area contributed by atoms with Gasteiger partial charge in [-0.05, 0) is 13.6 Å². The average molecular weight is 161 g/mol. The first-order chi connectivity index (χ1) is 5.20. The summed E-state index contributed by atoms with van der Waals surface area (Å²) in [5, 5.41) is 10.4. The summed E-state index contributed by atoms with van der Waals surface area (Å²) >= 11 is 0. The van der Waals surface area contributed by atoms with Crippen LogP contribution in [0.25, 0.3) is 0 Å². The molecule has 0 atom stereocenters. The van der Waals surface area contributed by atoms with E-state index in [-0.39, 0.29) is 6.73 Å². The number of nitrogens with zero attached hydrogens (tertiary/aromatic N) is 2. The topological polar surface area (TPSA) is 38.7 Å². The van der Waals surface area contributed by atoms with Crippen LogP contribution in [0.3, 0.4) is 0 Å². The van der Waals surface area contributed by atoms with Crippen molar-refractivity contribution in [3.63, 3.8) is 0 Å². The molecule has 4 heteroatoms. The van der Waals surface area contributed by atoms with E-state index in [0.717, 1.165) is 19.6 Å². The fourth-order valence-electron chi connectivity index (χ4n) is 0.679. The average Bonchev–Trinajstić information content (AvgIpc) is 2.01. The Balaban J connectivity index is 3.22. The van der Waals surface area contributed by atoms with Crippen LogP contribution in [0.5, 0.6) is 0 Å². The molecule has 0 rings (SSSR count). The first-order valence-electron chi connectivity index (χ1n) is 3.94. The van der Waals surface area contributed by atoms with Crippen LogP contribution in [0.4, 0.5) is 0 Å². The third-order valence-electron chi connectivity index (χ3n) is 1.70. The van der Waals surface area contributed by atoms with Crippen molar-refractivity contribution < 1.29 is 5.11 Å². The molecule has 0 bridgehead atoms. The molecule has 0 aliphatic heterocycles. The van der Waals surface area contributed by atoms with Gasteiger partial charge in [0.05, 0.1) is 0 Å². The summed E-state index contributed by atoms with van der Waals surface area (Å²) in [4.78, 5) is 2.22. The van der Waals surface area contributed by atoms with Crippen molar-refractivity contribution in [1.29, 1.82) is 0 Å². The Hall–Kier alpha value is -0.160. The van der Waals surface area contributed by atoms with Crippen LogP contribution in [0.1, 0.15) is 6.92 Å². The minimum absolute atomic E-state index is 0.00629. The Morgan fingerprint density at radius 2 is 1.91 bits per heavy atom. The molecular weight excluding hydrogens is 142 g/mol. The summed E-state index contributed by atoms with van der Waals surface area (Å²) < 4.78 is 0. The molecule has 0 aromatic carbocycles. The van der Waals surface area contributed by atoms with E-state index in [2.05, 4.69) is 24.3 Å². The van der Waals surface area contributed by atoms with Gasteiger partial charge in [0.1, 0.15) is 6.73 Å². The van der Waals surface area contributed by atoms with Crippen LogP contribution in [0, 0.1) is 0 Å². The van der Waals surface area contributed by atoms with Gasteiger partial charge in [-0.3, -0.25) is 0 Å². The van der Waals surface area contributed by atoms with Crippen LogP contribution in [0.15, 0.2) is 0 Å². The maximum atomic E-state index is 8.49. The highest BCUT2D eigenvalue weighted by atomic mass is 16.3. The normalized spacial score (nSPS) is 11.5. The number of likely N-dealkylation sites (N-methyl/N-ethyl adjacent to an activating group) is 2. The molecule has 4 nitrogen and oxygen atoms in total. The van der Waals surface area contributed by atoms with Gasteiger partial charge < -0.3 is 10.0 Å². The lowest BCUT2D eigenvalue weighted by Gasteiger charge is -2.20. The SMILES string of the molecule is CCN(C)CCN(C)NCO. The standard InChI is InChI=1S/C7H19N3O/c1-4-9(2)5-6-10(3)8-7-11/h8,11H,4-7H2,1-3H3. The van der Waals surface area contributed by atoms with Crippen LogP contribution in [-0.4, -0.2) is 55.5 Å². The summed E-state index contributed by atoms with van der Waals surface area (Å²) in [6.45, 7) is 5.13. The lowest BCUT2D eigenvalue weighted by Crippen LogP contribution is -2.40. The van der Waals surface area contributed by atoms with Crippen LogP contribution in [-0.2, 0) is 0 Å². The Kier molecular flexibility index (Phi) is 6.45. The van der Waals surface area contributed by atoms with Gasteiger partial charge in [-0.2, -0.15) is 0 Å². The summed E-state index contributed by atoms with van der Waals surface area (Å²) in [5.41, 5.74) is 2.79. The third-order valence-corrected chi connectivity index (χ3v) is 1.70. The van der Waals surface area contributed by atoms with Crippen molar-refractivity contribution in [2.75, 3.05) is 40.5 Å². The van der Waals surface area contributed by atoms with Gasteiger partial charge in [-0.15, -0.1) is 0 Å². The van der Waals surface area contributed by atoms with Gasteiger partial charge in [-0.1, -0.05) is 6.92 Å². The first-order valence-corrected chi connectivity index (χ1v) is 3.94. The Bertz CT molecular complexity index is 89.8. The second kappa shape index (κ2) is 6.54. The van der Waals surface area contributed by atoms with E-state index in [1.54, 1.807) is 0 Å². The minimum Gasteiger partial charge on any atom is -0.380 e. The molecule has 0 unspecified atom stereocenters. The van der Waals surface area contributed by atoms with Crippen molar-refractivity contribution in [1.82, 2.24) is 15.3 Å². The fourth-order valence-corrected chi connectivity index (χ4v) is 0.679. The monoisotopic (exact) mass is 161 g/mol. The molecule has 0 radical (unpaired) electrons. The molecule has 2 N–H and O–H groups in total. The second-order valence-corrected chi connectivity index (χ2v) is 2.63. The third kappa shape index (κ3) is 6.25. The number of hydrogen-bond donors (Lipinski definition) is 2. The predicted octanol–water partition coefficient (Wildman–Crippen LogP) is -0.676. The summed E-state index contributed by atoms with van der Waals surface area (Å²) in [6.07, 6.45) is 0. The maximum absolute atomic E-state index is 8.49. The zero-order chi connectivity index (χ0) is 8.69. The van der Waals surface area contributed by atoms with Crippen molar-refractivity contribution >= 4 is 0 Å². The zero-order valence-electron chi connectivity index (χ0n) is 7.67. The molecule has 0 aromatic rings. The molecule has 0 aromatic heterocycles. The van der Waals surface area contributed by atoms with Crippen molar-refractivity contribution in [2.45, 2.75) is 6.92 Å². The number of aliphatic hydroxyl groups is 1. The number of hydrazine groups is 1. The summed E-state index contributed by atoms with van der Waals surface area (Å²) in [6, 6.07) is 0. The molecule has 0 spiro atoms. The number of rotatable bonds is 6. The van der Waals surface area contributed by atoms with E-state index in [1.165, 1.54) is 0 Å². The molecule has 0 aliphatic rings. The molecule has 68 valence electrons. The molecule has 0 saturated carbocycles. The quantitative estimate of drug-likeness (QED) is 0.400. The molecule has 11 heavy (non-hydrogen) atoms. The molecule has 0 aliphatic carbocycles. The highest BCUT2D eigenvalue weighted by Gasteiger charge is 1.97. The molecule has 0 saturated heterocycles. The Labute approximate surface area is 68.8 Å². The van der Waals surface area contributed by atoms with Gasteiger partial charge in [0.25, 0.3) is 0 Å². The molecule has 0 fully saturated rings. The lowest BCUT2D eigenvalue weighted by molar-refractivity contribution is 0.125. The molecular formula is C7H19N3O. The highest BCUT2D eigenvalue weighted by Crippen LogP contribution is 1.81. The number of nitrogens with one attached hydrogen (secondary N) is 1. The van der Waals surface area contributed by atoms with Gasteiger partial charge in [0.2, 0.25) is 0 Å². The van der Waals surface area contributed by atoms with E-state index < -0.39 is 0 Å². The van der Waals surface area contributed by atoms with Crippen LogP contribution >= 0.6 is 0 Å². The van der Waals surface area contributed by atoms with E-state index in [1.807, 2.05) is 12.1 Å². The Morgan fingerprint density at radius 1 is 1.27 bits per heavy atom. The number of aliphatic hydroxyl groups excluding tert-OH is 1. The van der Waals surface area contributed by atoms with E-state index in [9.17, 15) is 0 Å². The zero-order valence-corrected chi connectivity index (χ0v) is 7.67. The van der Waals surface area contributed by atoms with Gasteiger partial charge in [0.15, 0.2) is 0 Å². The summed E-state index contributed by atoms with van der Waals surface area (Å²) in [5.74, 6) is 0. The lowest BCUT2D eigenvalue weighted by atomic mass is 10.5. The predicted molar refractivity (Wildman–Crippen MR) is 46.0 cm³/mol. The maximum Gasteiger partial charge on any atom is 0.106 e. The van der Waals surface area contributed by atoms with Crippen LogP contribution in [0.2, 0.25) is 0 Å². The highest BCUT2D eigenvalue weighted by molar-refractivity contribution is 4.50. The van der Waals surface area contributed by atoms with Crippen molar-refractivity contribution in [2.24, 2.45) is 0 Å². The second-order valence-electron chi connectivity index (χ2n) is 2.63. The van der Waals surface area contributed by atoms with E-state index >= 15 is 0 Å². The van der Waals surface area contributed by atoms with Gasteiger partial charge >= 0.3 is 0 Å². The first kappa shape index (κ1) is 10.8. The fraction of sp³-hybridized carbons (Fsp3) is 1.00. The molecule has 0 amide bonds. The summed E-state index contributed by atoms with van der Waals surface area (Å²) in [7, 11) is 3.99. The van der Waals surface area contributed by atoms with Crippen molar-refractivity contribution in [3.8, 4) is 0 Å². The van der Waals surface area contributed by atoms with Gasteiger partial charge in [0, 0.05) is 20.1 Å². The van der Waals surface area contributed by atoms with E-state index in [4.69, 9.17) is 5.11 Å².